The summed E-state index contributed by atoms with van der Waals surface area (Å²) in [6.45, 7) is 0. The summed E-state index contributed by atoms with van der Waals surface area (Å²) < 4.78 is 38.7. The van der Waals surface area contributed by atoms with Gasteiger partial charge in [-0.05, 0) is 42.0 Å². The molecule has 8 heteroatoms. The topological polar surface area (TPSA) is 49.9 Å². The summed E-state index contributed by atoms with van der Waals surface area (Å²) in [6, 6.07) is 21.8. The zero-order valence-corrected chi connectivity index (χ0v) is 16.6. The average Bonchev–Trinajstić information content (AvgIpc) is 3.31. The molecule has 5 rings (SSSR count). The van der Waals surface area contributed by atoms with Crippen molar-refractivity contribution in [2.45, 2.75) is 18.3 Å². The Morgan fingerprint density at radius 1 is 0.719 bits per heavy atom. The number of amides is 2. The van der Waals surface area contributed by atoms with E-state index in [2.05, 4.69) is 0 Å². The van der Waals surface area contributed by atoms with E-state index >= 15 is 0 Å². The molecular formula is C24H17F3N2O3. The Balaban J connectivity index is 1.53. The highest BCUT2D eigenvalue weighted by molar-refractivity contribution is 6.23. The molecule has 2 fully saturated rings. The van der Waals surface area contributed by atoms with Crippen molar-refractivity contribution in [3.05, 3.63) is 96.1 Å². The maximum absolute atomic E-state index is 13.4. The van der Waals surface area contributed by atoms with Crippen molar-refractivity contribution in [3.8, 4) is 0 Å². The molecule has 0 N–H and O–H groups in total. The van der Waals surface area contributed by atoms with Gasteiger partial charge in [-0.3, -0.25) is 14.4 Å². The molecule has 2 heterocycles. The number of imide groups is 1. The molecule has 5 nitrogen and oxygen atoms in total. The van der Waals surface area contributed by atoms with Gasteiger partial charge in [0.15, 0.2) is 6.10 Å². The molecule has 0 spiro atoms. The van der Waals surface area contributed by atoms with Gasteiger partial charge in [-0.15, -0.1) is 0 Å². The van der Waals surface area contributed by atoms with Crippen LogP contribution in [0.25, 0.3) is 0 Å². The molecule has 162 valence electrons. The first kappa shape index (κ1) is 20.3. The smallest absolute Gasteiger partial charge is 0.273 e. The summed E-state index contributed by atoms with van der Waals surface area (Å²) in [5.41, 5.74) is 0.718. The van der Waals surface area contributed by atoms with E-state index in [9.17, 15) is 22.8 Å². The molecule has 0 aromatic heterocycles. The Kier molecular flexibility index (Phi) is 4.74. The number of carbonyl (C=O) groups excluding carboxylic acids is 2. The molecule has 0 aliphatic carbocycles. The average molecular weight is 438 g/mol. The molecule has 3 aromatic rings. The number of rotatable bonds is 3. The van der Waals surface area contributed by atoms with Gasteiger partial charge in [0.1, 0.15) is 5.92 Å². The second-order valence-corrected chi connectivity index (χ2v) is 7.63. The van der Waals surface area contributed by atoms with E-state index in [-0.39, 0.29) is 5.69 Å². The lowest BCUT2D eigenvalue weighted by Crippen LogP contribution is -2.37. The number of hydrogen-bond donors (Lipinski definition) is 0. The Hall–Kier alpha value is -3.65. The molecule has 2 aliphatic heterocycles. The van der Waals surface area contributed by atoms with Gasteiger partial charge in [-0.25, -0.2) is 9.96 Å². The normalized spacial score (nSPS) is 23.0. The molecular weight excluding hydrogens is 421 g/mol. The Morgan fingerprint density at radius 3 is 1.91 bits per heavy atom. The minimum atomic E-state index is -4.51. The van der Waals surface area contributed by atoms with Crippen LogP contribution in [0.5, 0.6) is 0 Å². The van der Waals surface area contributed by atoms with Crippen LogP contribution in [0.4, 0.5) is 24.5 Å². The van der Waals surface area contributed by atoms with E-state index in [4.69, 9.17) is 4.84 Å². The van der Waals surface area contributed by atoms with Crippen LogP contribution in [-0.2, 0) is 20.6 Å². The standard InChI is InChI=1S/C24H17F3N2O3/c25-24(26,27)16-11-13-17(14-12-16)28-22(30)19-20(15-7-3-1-4-8-15)29(32-21(19)23(28)31)18-9-5-2-6-10-18/h1-14,19-21H/t19-,20+,21-/m0/s1. The summed E-state index contributed by atoms with van der Waals surface area (Å²) in [6.07, 6.45) is -5.58. The molecule has 0 radical (unpaired) electrons. The van der Waals surface area contributed by atoms with E-state index in [0.717, 1.165) is 34.7 Å². The van der Waals surface area contributed by atoms with Crippen molar-refractivity contribution in [1.29, 1.82) is 0 Å². The Morgan fingerprint density at radius 2 is 1.31 bits per heavy atom. The van der Waals surface area contributed by atoms with Crippen LogP contribution in [0.1, 0.15) is 17.2 Å². The summed E-state index contributed by atoms with van der Waals surface area (Å²) >= 11 is 0. The van der Waals surface area contributed by atoms with Gasteiger partial charge >= 0.3 is 6.18 Å². The van der Waals surface area contributed by atoms with Crippen LogP contribution in [0.15, 0.2) is 84.9 Å². The number of hydrogen-bond acceptors (Lipinski definition) is 4. The molecule has 3 aromatic carbocycles. The number of fused-ring (bicyclic) bond motifs is 1. The van der Waals surface area contributed by atoms with E-state index < -0.39 is 41.6 Å². The van der Waals surface area contributed by atoms with Crippen LogP contribution < -0.4 is 9.96 Å². The zero-order chi connectivity index (χ0) is 22.5. The minimum Gasteiger partial charge on any atom is -0.273 e. The van der Waals surface area contributed by atoms with Crippen LogP contribution in [0.2, 0.25) is 0 Å². The molecule has 3 atom stereocenters. The van der Waals surface area contributed by atoms with Crippen molar-refractivity contribution in [1.82, 2.24) is 0 Å². The van der Waals surface area contributed by atoms with Crippen molar-refractivity contribution in [3.63, 3.8) is 0 Å². The van der Waals surface area contributed by atoms with Crippen LogP contribution >= 0.6 is 0 Å². The summed E-state index contributed by atoms with van der Waals surface area (Å²) in [5.74, 6) is -1.95. The maximum atomic E-state index is 13.4. The number of benzene rings is 3. The summed E-state index contributed by atoms with van der Waals surface area (Å²) in [4.78, 5) is 33.5. The highest BCUT2D eigenvalue weighted by Gasteiger charge is 2.60. The largest absolute Gasteiger partial charge is 0.416 e. The third kappa shape index (κ3) is 3.23. The lowest BCUT2D eigenvalue weighted by Gasteiger charge is -2.28. The minimum absolute atomic E-state index is 0.0871. The monoisotopic (exact) mass is 438 g/mol. The fraction of sp³-hybridized carbons (Fsp3) is 0.167. The van der Waals surface area contributed by atoms with Gasteiger partial charge in [-0.1, -0.05) is 48.5 Å². The zero-order valence-electron chi connectivity index (χ0n) is 16.6. The van der Waals surface area contributed by atoms with Gasteiger partial charge in [0, 0.05) is 0 Å². The second-order valence-electron chi connectivity index (χ2n) is 7.63. The van der Waals surface area contributed by atoms with Crippen LogP contribution in [-0.4, -0.2) is 17.9 Å². The van der Waals surface area contributed by atoms with E-state index in [1.807, 2.05) is 60.7 Å². The fourth-order valence-corrected chi connectivity index (χ4v) is 4.26. The molecule has 2 amide bonds. The van der Waals surface area contributed by atoms with Gasteiger partial charge < -0.3 is 0 Å². The van der Waals surface area contributed by atoms with Gasteiger partial charge in [0.05, 0.1) is 23.0 Å². The number of carbonyl (C=O) groups is 2. The van der Waals surface area contributed by atoms with Gasteiger partial charge in [-0.2, -0.15) is 13.2 Å². The van der Waals surface area contributed by atoms with Crippen molar-refractivity contribution >= 4 is 23.2 Å². The first-order valence-electron chi connectivity index (χ1n) is 9.97. The van der Waals surface area contributed by atoms with Crippen LogP contribution in [0, 0.1) is 5.92 Å². The highest BCUT2D eigenvalue weighted by atomic mass is 19.4. The first-order valence-corrected chi connectivity index (χ1v) is 9.97. The van der Waals surface area contributed by atoms with E-state index in [1.165, 1.54) is 0 Å². The third-order valence-corrected chi connectivity index (χ3v) is 5.72. The van der Waals surface area contributed by atoms with Crippen LogP contribution in [0.3, 0.4) is 0 Å². The number of anilines is 2. The molecule has 0 bridgehead atoms. The Bertz CT molecular complexity index is 1150. The summed E-state index contributed by atoms with van der Waals surface area (Å²) in [5, 5.41) is 1.57. The number of hydroxylamine groups is 1. The quantitative estimate of drug-likeness (QED) is 0.554. The predicted molar refractivity (Wildman–Crippen MR) is 110 cm³/mol. The van der Waals surface area contributed by atoms with E-state index in [1.54, 1.807) is 5.06 Å². The van der Waals surface area contributed by atoms with Crippen molar-refractivity contribution in [2.24, 2.45) is 5.92 Å². The molecule has 2 saturated heterocycles. The fourth-order valence-electron chi connectivity index (χ4n) is 4.26. The van der Waals surface area contributed by atoms with Gasteiger partial charge in [0.2, 0.25) is 5.91 Å². The molecule has 0 saturated carbocycles. The molecule has 2 aliphatic rings. The van der Waals surface area contributed by atoms with Gasteiger partial charge in [0.25, 0.3) is 5.91 Å². The predicted octanol–water partition coefficient (Wildman–Crippen LogP) is 4.76. The van der Waals surface area contributed by atoms with Crippen molar-refractivity contribution in [2.75, 3.05) is 9.96 Å². The number of halogens is 3. The molecule has 0 unspecified atom stereocenters. The number of para-hydroxylation sites is 1. The van der Waals surface area contributed by atoms with Crippen molar-refractivity contribution < 1.29 is 27.6 Å². The second kappa shape index (κ2) is 7.49. The highest BCUT2D eigenvalue weighted by Crippen LogP contribution is 2.47. The number of alkyl halides is 3. The Labute approximate surface area is 181 Å². The summed E-state index contributed by atoms with van der Waals surface area (Å²) in [7, 11) is 0. The van der Waals surface area contributed by atoms with E-state index in [0.29, 0.717) is 5.69 Å². The SMILES string of the molecule is O=C1[C@@H]2[C@H](ON(c3ccccc3)[C@@H]2c2ccccc2)C(=O)N1c1ccc(C(F)(F)F)cc1. The lowest BCUT2D eigenvalue weighted by molar-refractivity contribution is -0.137. The lowest BCUT2D eigenvalue weighted by atomic mass is 9.90. The maximum Gasteiger partial charge on any atom is 0.416 e. The number of nitrogens with zero attached hydrogens (tertiary/aromatic N) is 2. The third-order valence-electron chi connectivity index (χ3n) is 5.72. The first-order chi connectivity index (χ1) is 15.4. The molecule has 32 heavy (non-hydrogen) atoms.